The lowest BCUT2D eigenvalue weighted by Gasteiger charge is -2.19. The van der Waals surface area contributed by atoms with Crippen LogP contribution in [0.5, 0.6) is 0 Å². The molecular weight excluding hydrogens is 298 g/mol. The molecule has 3 amide bonds. The van der Waals surface area contributed by atoms with Crippen LogP contribution in [0.2, 0.25) is 0 Å². The predicted octanol–water partition coefficient (Wildman–Crippen LogP) is 0.650. The van der Waals surface area contributed by atoms with E-state index < -0.39 is 30.0 Å². The number of urea groups is 1. The summed E-state index contributed by atoms with van der Waals surface area (Å²) in [6.07, 6.45) is 1.99. The Morgan fingerprint density at radius 2 is 2.04 bits per heavy atom. The van der Waals surface area contributed by atoms with Crippen molar-refractivity contribution >= 4 is 17.9 Å². The van der Waals surface area contributed by atoms with E-state index in [-0.39, 0.29) is 0 Å². The average molecular weight is 319 g/mol. The van der Waals surface area contributed by atoms with E-state index in [0.717, 1.165) is 5.56 Å². The van der Waals surface area contributed by atoms with Crippen LogP contribution < -0.4 is 16.0 Å². The summed E-state index contributed by atoms with van der Waals surface area (Å²) in [4.78, 5) is 35.0. The van der Waals surface area contributed by atoms with Gasteiger partial charge in [-0.05, 0) is 31.2 Å². The molecule has 23 heavy (non-hydrogen) atoms. The summed E-state index contributed by atoms with van der Waals surface area (Å²) in [6, 6.07) is 7.42. The lowest BCUT2D eigenvalue weighted by molar-refractivity contribution is -0.142. The van der Waals surface area contributed by atoms with Gasteiger partial charge in [0.1, 0.15) is 12.1 Å². The van der Waals surface area contributed by atoms with Crippen molar-refractivity contribution in [2.75, 3.05) is 6.54 Å². The molecule has 0 radical (unpaired) electrons. The molecule has 124 valence electrons. The second-order valence-electron chi connectivity index (χ2n) is 5.52. The first-order valence-corrected chi connectivity index (χ1v) is 7.67. The highest BCUT2D eigenvalue weighted by Gasteiger charge is 2.27. The molecule has 1 aliphatic rings. The molecule has 4 N–H and O–H groups in total. The molecule has 0 saturated carbocycles. The van der Waals surface area contributed by atoms with Gasteiger partial charge in [-0.15, -0.1) is 0 Å². The minimum absolute atomic E-state index is 0.296. The summed E-state index contributed by atoms with van der Waals surface area (Å²) >= 11 is 0. The summed E-state index contributed by atoms with van der Waals surface area (Å²) in [5, 5.41) is 17.0. The van der Waals surface area contributed by atoms with Crippen LogP contribution in [-0.2, 0) is 16.0 Å². The van der Waals surface area contributed by atoms with Gasteiger partial charge in [0, 0.05) is 6.54 Å². The van der Waals surface area contributed by atoms with Gasteiger partial charge in [0.15, 0.2) is 0 Å². The van der Waals surface area contributed by atoms with Gasteiger partial charge in [0.05, 0.1) is 0 Å². The summed E-state index contributed by atoms with van der Waals surface area (Å²) in [6.45, 7) is 0.506. The fourth-order valence-electron chi connectivity index (χ4n) is 2.47. The minimum Gasteiger partial charge on any atom is -0.480 e. The number of nitrogens with one attached hydrogen (secondary N) is 3. The fraction of sp³-hybridized carbons (Fsp3) is 0.438. The van der Waals surface area contributed by atoms with Crippen molar-refractivity contribution in [1.29, 1.82) is 0 Å². The number of carboxylic acids is 1. The van der Waals surface area contributed by atoms with Crippen LogP contribution in [0.25, 0.3) is 0 Å². The summed E-state index contributed by atoms with van der Waals surface area (Å²) < 4.78 is 0. The highest BCUT2D eigenvalue weighted by Crippen LogP contribution is 2.07. The number of carboxylic acid groups (broad SMARTS) is 1. The van der Waals surface area contributed by atoms with Gasteiger partial charge in [-0.1, -0.05) is 30.3 Å². The molecule has 0 spiro atoms. The number of aliphatic carboxylic acids is 1. The van der Waals surface area contributed by atoms with Crippen LogP contribution in [0, 0.1) is 0 Å². The summed E-state index contributed by atoms with van der Waals surface area (Å²) in [5.41, 5.74) is 1.01. The Kier molecular flexibility index (Phi) is 5.96. The smallest absolute Gasteiger partial charge is 0.326 e. The molecule has 0 unspecified atom stereocenters. The van der Waals surface area contributed by atoms with Crippen LogP contribution in [0.3, 0.4) is 0 Å². The Hall–Kier alpha value is -2.57. The number of aryl methyl sites for hydroxylation is 1. The van der Waals surface area contributed by atoms with Crippen LogP contribution >= 0.6 is 0 Å². The van der Waals surface area contributed by atoms with E-state index in [1.807, 2.05) is 30.3 Å². The van der Waals surface area contributed by atoms with Crippen LogP contribution in [0.4, 0.5) is 4.79 Å². The second kappa shape index (κ2) is 8.17. The van der Waals surface area contributed by atoms with Crippen LogP contribution in [0.15, 0.2) is 30.3 Å². The molecule has 1 heterocycles. The first kappa shape index (κ1) is 16.8. The van der Waals surface area contributed by atoms with Gasteiger partial charge in [-0.25, -0.2) is 9.59 Å². The average Bonchev–Trinajstić information content (AvgIpc) is 2.76. The van der Waals surface area contributed by atoms with Crippen LogP contribution in [-0.4, -0.2) is 41.6 Å². The Bertz CT molecular complexity index is 562. The van der Waals surface area contributed by atoms with Gasteiger partial charge in [-0.3, -0.25) is 4.79 Å². The van der Waals surface area contributed by atoms with Crippen molar-refractivity contribution in [3.8, 4) is 0 Å². The molecule has 1 aliphatic heterocycles. The maximum Gasteiger partial charge on any atom is 0.326 e. The standard InChI is InChI=1S/C16H21N3O4/c20-14(12-7-4-10-17-16(23)19-12)18-13(15(21)22)9-8-11-5-2-1-3-6-11/h1-3,5-6,12-13H,4,7-10H2,(H,18,20)(H,21,22)(H2,17,19,23)/t12-,13-/m0/s1. The van der Waals surface area contributed by atoms with E-state index in [2.05, 4.69) is 16.0 Å². The monoisotopic (exact) mass is 319 g/mol. The van der Waals surface area contributed by atoms with E-state index in [1.165, 1.54) is 0 Å². The van der Waals surface area contributed by atoms with Crippen molar-refractivity contribution in [3.05, 3.63) is 35.9 Å². The Labute approximate surface area is 134 Å². The normalized spacial score (nSPS) is 19.0. The zero-order valence-corrected chi connectivity index (χ0v) is 12.7. The van der Waals surface area contributed by atoms with E-state index in [4.69, 9.17) is 0 Å². The van der Waals surface area contributed by atoms with Crippen LogP contribution in [0.1, 0.15) is 24.8 Å². The first-order valence-electron chi connectivity index (χ1n) is 7.67. The highest BCUT2D eigenvalue weighted by atomic mass is 16.4. The van der Waals surface area contributed by atoms with E-state index in [0.29, 0.717) is 32.2 Å². The van der Waals surface area contributed by atoms with Gasteiger partial charge in [0.2, 0.25) is 5.91 Å². The molecule has 7 nitrogen and oxygen atoms in total. The highest BCUT2D eigenvalue weighted by molar-refractivity contribution is 5.90. The molecule has 2 atom stereocenters. The number of hydrogen-bond donors (Lipinski definition) is 4. The Morgan fingerprint density at radius 3 is 2.74 bits per heavy atom. The predicted molar refractivity (Wildman–Crippen MR) is 83.9 cm³/mol. The van der Waals surface area contributed by atoms with Crippen molar-refractivity contribution in [2.45, 2.75) is 37.8 Å². The molecule has 2 rings (SSSR count). The molecule has 1 aromatic carbocycles. The number of carbonyl (C=O) groups is 3. The molecule has 1 fully saturated rings. The Balaban J connectivity index is 1.91. The van der Waals surface area contributed by atoms with Gasteiger partial charge >= 0.3 is 12.0 Å². The van der Waals surface area contributed by atoms with Crippen molar-refractivity contribution in [3.63, 3.8) is 0 Å². The Morgan fingerprint density at radius 1 is 1.30 bits per heavy atom. The largest absolute Gasteiger partial charge is 0.480 e. The first-order chi connectivity index (χ1) is 11.1. The maximum absolute atomic E-state index is 12.2. The summed E-state index contributed by atoms with van der Waals surface area (Å²) in [7, 11) is 0. The fourth-order valence-corrected chi connectivity index (χ4v) is 2.47. The molecular formula is C16H21N3O4. The van der Waals surface area contributed by atoms with Crippen molar-refractivity contribution in [2.24, 2.45) is 0 Å². The number of rotatable bonds is 6. The van der Waals surface area contributed by atoms with E-state index in [9.17, 15) is 19.5 Å². The second-order valence-corrected chi connectivity index (χ2v) is 5.52. The van der Waals surface area contributed by atoms with Gasteiger partial charge in [-0.2, -0.15) is 0 Å². The topological polar surface area (TPSA) is 108 Å². The summed E-state index contributed by atoms with van der Waals surface area (Å²) in [5.74, 6) is -1.53. The molecule has 0 aromatic heterocycles. The zero-order chi connectivity index (χ0) is 16.7. The van der Waals surface area contributed by atoms with Crippen molar-refractivity contribution in [1.82, 2.24) is 16.0 Å². The number of benzene rings is 1. The molecule has 0 aliphatic carbocycles. The molecule has 1 aromatic rings. The quantitative estimate of drug-likeness (QED) is 0.617. The third-order valence-electron chi connectivity index (χ3n) is 3.76. The maximum atomic E-state index is 12.2. The van der Waals surface area contributed by atoms with Gasteiger partial charge in [0.25, 0.3) is 0 Å². The zero-order valence-electron chi connectivity index (χ0n) is 12.7. The number of carbonyl (C=O) groups excluding carboxylic acids is 2. The van der Waals surface area contributed by atoms with E-state index in [1.54, 1.807) is 0 Å². The molecule has 7 heteroatoms. The lowest BCUT2D eigenvalue weighted by atomic mass is 10.0. The SMILES string of the molecule is O=C1NCCC[C@@H](C(=O)N[C@@H](CCc2ccccc2)C(=O)O)N1. The molecule has 1 saturated heterocycles. The van der Waals surface area contributed by atoms with Crippen molar-refractivity contribution < 1.29 is 19.5 Å². The lowest BCUT2D eigenvalue weighted by Crippen LogP contribution is -2.52. The van der Waals surface area contributed by atoms with E-state index >= 15 is 0 Å². The van der Waals surface area contributed by atoms with Gasteiger partial charge < -0.3 is 21.1 Å². The number of hydrogen-bond acceptors (Lipinski definition) is 3. The molecule has 0 bridgehead atoms. The third-order valence-corrected chi connectivity index (χ3v) is 3.76. The number of amides is 3. The third kappa shape index (κ3) is 5.28. The minimum atomic E-state index is -1.08.